The van der Waals surface area contributed by atoms with E-state index in [4.69, 9.17) is 0 Å². The molecule has 0 radical (unpaired) electrons. The number of hydrogen-bond acceptors (Lipinski definition) is 1. The Hall–Kier alpha value is -1.18. The van der Waals surface area contributed by atoms with Gasteiger partial charge in [-0.2, -0.15) is 0 Å². The molecular weight excluding hydrogens is 251 g/mol. The van der Waals surface area contributed by atoms with Crippen molar-refractivity contribution in [2.24, 2.45) is 11.8 Å². The molecule has 2 heteroatoms. The summed E-state index contributed by atoms with van der Waals surface area (Å²) in [4.78, 5) is 11.8. The minimum Gasteiger partial charge on any atom is -0.300 e. The maximum atomic E-state index is 13.3. The van der Waals surface area contributed by atoms with E-state index in [9.17, 15) is 9.18 Å². The van der Waals surface area contributed by atoms with Gasteiger partial charge in [0.25, 0.3) is 0 Å². The third-order valence-corrected chi connectivity index (χ3v) is 4.32. The van der Waals surface area contributed by atoms with Gasteiger partial charge in [0.05, 0.1) is 0 Å². The zero-order valence-electron chi connectivity index (χ0n) is 13.2. The second-order valence-electron chi connectivity index (χ2n) is 5.72. The number of benzene rings is 1. The van der Waals surface area contributed by atoms with Crippen molar-refractivity contribution in [3.8, 4) is 0 Å². The summed E-state index contributed by atoms with van der Waals surface area (Å²) in [7, 11) is 0. The van der Waals surface area contributed by atoms with Crippen LogP contribution in [0, 0.1) is 24.6 Å². The minimum absolute atomic E-state index is 0.155. The van der Waals surface area contributed by atoms with Crippen molar-refractivity contribution in [1.29, 1.82) is 0 Å². The molecule has 0 aliphatic carbocycles. The molecule has 1 aromatic rings. The molecule has 0 fully saturated rings. The Labute approximate surface area is 122 Å². The first-order valence-electron chi connectivity index (χ1n) is 7.78. The average Bonchev–Trinajstić information content (AvgIpc) is 2.44. The minimum atomic E-state index is -0.155. The molecule has 1 nitrogen and oxygen atoms in total. The smallest absolute Gasteiger partial charge is 0.132 e. The predicted octanol–water partition coefficient (Wildman–Crippen LogP) is 5.10. The first-order chi connectivity index (χ1) is 9.51. The lowest BCUT2D eigenvalue weighted by atomic mass is 9.80. The van der Waals surface area contributed by atoms with Crippen LogP contribution in [0.1, 0.15) is 57.6 Å². The van der Waals surface area contributed by atoms with E-state index in [1.54, 1.807) is 6.92 Å². The van der Waals surface area contributed by atoms with E-state index in [-0.39, 0.29) is 5.82 Å². The summed E-state index contributed by atoms with van der Waals surface area (Å²) >= 11 is 0. The number of rotatable bonds is 8. The van der Waals surface area contributed by atoms with Gasteiger partial charge in [-0.15, -0.1) is 0 Å². The van der Waals surface area contributed by atoms with Crippen molar-refractivity contribution in [1.82, 2.24) is 0 Å². The SMILES string of the molecule is CCC(=O)CC(Cc1ccc(F)c(C)c1)C(CC)CC. The van der Waals surface area contributed by atoms with Crippen LogP contribution in [0.2, 0.25) is 0 Å². The summed E-state index contributed by atoms with van der Waals surface area (Å²) in [6.07, 6.45) is 4.33. The molecule has 0 saturated heterocycles. The van der Waals surface area contributed by atoms with Gasteiger partial charge in [0.15, 0.2) is 0 Å². The molecule has 0 aromatic heterocycles. The zero-order chi connectivity index (χ0) is 15.1. The molecule has 1 unspecified atom stereocenters. The molecule has 0 aliphatic rings. The van der Waals surface area contributed by atoms with Crippen molar-refractivity contribution in [3.63, 3.8) is 0 Å². The number of carbonyl (C=O) groups excluding carboxylic acids is 1. The van der Waals surface area contributed by atoms with Crippen LogP contribution in [0.15, 0.2) is 18.2 Å². The molecule has 0 saturated carbocycles. The van der Waals surface area contributed by atoms with Crippen LogP contribution in [-0.4, -0.2) is 5.78 Å². The molecule has 20 heavy (non-hydrogen) atoms. The van der Waals surface area contributed by atoms with Gasteiger partial charge in [0.1, 0.15) is 11.6 Å². The standard InChI is InChI=1S/C18H27FO/c1-5-15(6-2)16(12-17(20)7-3)11-14-8-9-18(19)13(4)10-14/h8-10,15-16H,5-7,11-12H2,1-4H3. The van der Waals surface area contributed by atoms with E-state index in [1.807, 2.05) is 19.1 Å². The molecule has 0 bridgehead atoms. The van der Waals surface area contributed by atoms with Gasteiger partial charge < -0.3 is 0 Å². The fourth-order valence-corrected chi connectivity index (χ4v) is 2.93. The Kier molecular flexibility index (Phi) is 6.90. The fraction of sp³-hybridized carbons (Fsp3) is 0.611. The third kappa shape index (κ3) is 4.73. The highest BCUT2D eigenvalue weighted by molar-refractivity contribution is 5.78. The molecule has 1 rings (SSSR count). The van der Waals surface area contributed by atoms with Gasteiger partial charge in [0, 0.05) is 12.8 Å². The zero-order valence-corrected chi connectivity index (χ0v) is 13.2. The summed E-state index contributed by atoms with van der Waals surface area (Å²) in [5.41, 5.74) is 1.83. The number of halogens is 1. The maximum absolute atomic E-state index is 13.3. The Morgan fingerprint density at radius 3 is 2.30 bits per heavy atom. The number of hydrogen-bond donors (Lipinski definition) is 0. The average molecular weight is 278 g/mol. The third-order valence-electron chi connectivity index (χ3n) is 4.32. The Morgan fingerprint density at radius 1 is 1.15 bits per heavy atom. The van der Waals surface area contributed by atoms with Gasteiger partial charge in [-0.1, -0.05) is 45.7 Å². The second-order valence-corrected chi connectivity index (χ2v) is 5.72. The van der Waals surface area contributed by atoms with Crippen LogP contribution in [0.3, 0.4) is 0 Å². The molecular formula is C18H27FO. The van der Waals surface area contributed by atoms with Crippen LogP contribution < -0.4 is 0 Å². The van der Waals surface area contributed by atoms with Crippen LogP contribution in [0.4, 0.5) is 4.39 Å². The molecule has 1 atom stereocenters. The van der Waals surface area contributed by atoms with Crippen molar-refractivity contribution in [2.75, 3.05) is 0 Å². The highest BCUT2D eigenvalue weighted by Crippen LogP contribution is 2.27. The van der Waals surface area contributed by atoms with Crippen molar-refractivity contribution < 1.29 is 9.18 Å². The maximum Gasteiger partial charge on any atom is 0.132 e. The normalized spacial score (nSPS) is 12.7. The highest BCUT2D eigenvalue weighted by Gasteiger charge is 2.21. The van der Waals surface area contributed by atoms with Gasteiger partial charge in [-0.3, -0.25) is 4.79 Å². The fourth-order valence-electron chi connectivity index (χ4n) is 2.93. The second kappa shape index (κ2) is 8.18. The highest BCUT2D eigenvalue weighted by atomic mass is 19.1. The predicted molar refractivity (Wildman–Crippen MR) is 82.3 cm³/mol. The topological polar surface area (TPSA) is 17.1 Å². The van der Waals surface area contributed by atoms with Gasteiger partial charge in [-0.25, -0.2) is 4.39 Å². The summed E-state index contributed by atoms with van der Waals surface area (Å²) in [5, 5.41) is 0. The Morgan fingerprint density at radius 2 is 1.80 bits per heavy atom. The number of aryl methyl sites for hydroxylation is 1. The van der Waals surface area contributed by atoms with Crippen molar-refractivity contribution >= 4 is 5.78 Å². The lowest BCUT2D eigenvalue weighted by Crippen LogP contribution is -2.20. The Balaban J connectivity index is 2.86. The molecule has 0 N–H and O–H groups in total. The van der Waals surface area contributed by atoms with E-state index in [1.165, 1.54) is 6.07 Å². The lowest BCUT2D eigenvalue weighted by Gasteiger charge is -2.25. The quantitative estimate of drug-likeness (QED) is 0.646. The van der Waals surface area contributed by atoms with Crippen LogP contribution in [0.5, 0.6) is 0 Å². The monoisotopic (exact) mass is 278 g/mol. The summed E-state index contributed by atoms with van der Waals surface area (Å²) in [6.45, 7) is 8.09. The van der Waals surface area contributed by atoms with Crippen molar-refractivity contribution in [3.05, 3.63) is 35.1 Å². The van der Waals surface area contributed by atoms with E-state index in [0.29, 0.717) is 36.0 Å². The molecule has 112 valence electrons. The summed E-state index contributed by atoms with van der Waals surface area (Å²) in [5.74, 6) is 1.12. The van der Waals surface area contributed by atoms with E-state index in [2.05, 4.69) is 13.8 Å². The van der Waals surface area contributed by atoms with Gasteiger partial charge >= 0.3 is 0 Å². The number of carbonyl (C=O) groups is 1. The first kappa shape index (κ1) is 16.9. The van der Waals surface area contributed by atoms with E-state index in [0.717, 1.165) is 24.8 Å². The molecule has 1 aromatic carbocycles. The summed E-state index contributed by atoms with van der Waals surface area (Å²) in [6, 6.07) is 5.31. The van der Waals surface area contributed by atoms with E-state index < -0.39 is 0 Å². The van der Waals surface area contributed by atoms with Crippen LogP contribution in [0.25, 0.3) is 0 Å². The number of Topliss-reactive ketones (excluding diaryl/α,β-unsaturated/α-hetero) is 1. The molecule has 0 aliphatic heterocycles. The number of ketones is 1. The van der Waals surface area contributed by atoms with Crippen LogP contribution in [-0.2, 0) is 11.2 Å². The largest absolute Gasteiger partial charge is 0.300 e. The first-order valence-corrected chi connectivity index (χ1v) is 7.78. The molecule has 0 amide bonds. The van der Waals surface area contributed by atoms with Crippen molar-refractivity contribution in [2.45, 2.75) is 59.8 Å². The van der Waals surface area contributed by atoms with Gasteiger partial charge in [0.2, 0.25) is 0 Å². The Bertz CT molecular complexity index is 435. The lowest BCUT2D eigenvalue weighted by molar-refractivity contribution is -0.120. The molecule has 0 spiro atoms. The van der Waals surface area contributed by atoms with Gasteiger partial charge in [-0.05, 0) is 42.4 Å². The van der Waals surface area contributed by atoms with Crippen LogP contribution >= 0.6 is 0 Å². The summed E-state index contributed by atoms with van der Waals surface area (Å²) < 4.78 is 13.3. The molecule has 0 heterocycles. The van der Waals surface area contributed by atoms with E-state index >= 15 is 0 Å².